The van der Waals surface area contributed by atoms with Gasteiger partial charge in [0.25, 0.3) is 0 Å². The van der Waals surface area contributed by atoms with Crippen molar-refractivity contribution in [2.75, 3.05) is 63.3 Å². The Morgan fingerprint density at radius 1 is 0.413 bits per heavy atom. The summed E-state index contributed by atoms with van der Waals surface area (Å²) in [5.41, 5.74) is 34.5. The van der Waals surface area contributed by atoms with Crippen LogP contribution in [0.25, 0.3) is 0 Å². The molecule has 0 saturated carbocycles. The SMILES string of the molecule is CCCCCCCCCCCCCCCC(=O)N[C@@H](CCSC)C(=O)NCC(=O)N[C@@H](Cc1ccc(O)cc1)C(=O)N[C@@H](CCC(N)=O)C(=O)N[C@@H](CCCCN)C(=O)N[C@@H](CCCCN)C(=O)N[C@@H](CC(C)C)C(=O)N[C@@H](CCCN=C(N)N)C(=O)N[C@@H](CO)C(=O)N[C@@H](CCSC)C(=O)N[C@H](C(=O)N[C@@H](CC(=O)O)C(=O)N[C@@H](CCCCN)C(C)=O)[C@@H](C)O. The normalized spacial score (nSPS) is 14.3. The number of rotatable bonds is 73. The van der Waals surface area contributed by atoms with E-state index in [4.69, 9.17) is 34.4 Å². The lowest BCUT2D eigenvalue weighted by Gasteiger charge is -2.29. The van der Waals surface area contributed by atoms with E-state index in [0.717, 1.165) is 32.6 Å². The molecule has 0 spiro atoms. The molecule has 0 aromatic heterocycles. The number of carbonyl (C=O) groups is 16. The van der Waals surface area contributed by atoms with Gasteiger partial charge in [0.2, 0.25) is 82.7 Å². The third-order valence-electron chi connectivity index (χ3n) is 20.5. The maximum Gasteiger partial charge on any atom is 0.305 e. The number of phenolic OH excluding ortho intramolecular Hbond substituents is 1. The van der Waals surface area contributed by atoms with Crippen LogP contribution < -0.4 is 104 Å². The highest BCUT2D eigenvalue weighted by atomic mass is 32.2. The van der Waals surface area contributed by atoms with Gasteiger partial charge in [-0.2, -0.15) is 23.5 Å². The number of nitrogens with zero attached hydrogens (tertiary/aromatic N) is 1. The number of hydrogen-bond donors (Lipinski definition) is 23. The van der Waals surface area contributed by atoms with Crippen molar-refractivity contribution < 1.29 is 97.1 Å². The van der Waals surface area contributed by atoms with Gasteiger partial charge in [0.05, 0.1) is 31.7 Å². The molecule has 13 atom stereocenters. The van der Waals surface area contributed by atoms with Crippen LogP contribution in [0.3, 0.4) is 0 Å². The van der Waals surface area contributed by atoms with Crippen LogP contribution in [-0.4, -0.2) is 263 Å². The molecule has 42 heteroatoms. The van der Waals surface area contributed by atoms with Crippen LogP contribution in [-0.2, 0) is 83.1 Å². The molecule has 716 valence electrons. The van der Waals surface area contributed by atoms with Crippen molar-refractivity contribution in [1.29, 1.82) is 0 Å². The number of carbonyl (C=O) groups excluding carboxylic acids is 15. The Bertz CT molecular complexity index is 3530. The van der Waals surface area contributed by atoms with Crippen molar-refractivity contribution in [2.45, 2.75) is 319 Å². The Balaban J connectivity index is 3.63. The molecule has 1 aromatic rings. The number of aromatic hydroxyl groups is 1. The Kier molecular flexibility index (Phi) is 61.6. The van der Waals surface area contributed by atoms with Crippen molar-refractivity contribution in [3.8, 4) is 5.75 Å². The molecule has 1 aromatic carbocycles. The van der Waals surface area contributed by atoms with Crippen molar-refractivity contribution in [3.63, 3.8) is 0 Å². The summed E-state index contributed by atoms with van der Waals surface area (Å²) in [5.74, 6) is -15.2. The van der Waals surface area contributed by atoms with Gasteiger partial charge in [-0.05, 0) is 184 Å². The Hall–Kier alpha value is -9.49. The fourth-order valence-corrected chi connectivity index (χ4v) is 14.2. The number of aliphatic imine (C=N–C) groups is 1. The van der Waals surface area contributed by atoms with Gasteiger partial charge in [0.15, 0.2) is 11.7 Å². The van der Waals surface area contributed by atoms with E-state index in [1.165, 1.54) is 106 Å². The first-order chi connectivity index (χ1) is 60.0. The second-order valence-electron chi connectivity index (χ2n) is 32.0. The molecule has 0 saturated heterocycles. The Labute approximate surface area is 749 Å². The molecule has 14 amide bonds. The first-order valence-corrected chi connectivity index (χ1v) is 46.9. The highest BCUT2D eigenvalue weighted by molar-refractivity contribution is 7.98. The lowest BCUT2D eigenvalue weighted by atomic mass is 10.0. The average molecular weight is 1820 g/mol. The molecular formula is C84H148N20O20S2. The molecule has 0 radical (unpaired) electrons. The molecular weight excluding hydrogens is 1670 g/mol. The van der Waals surface area contributed by atoms with Gasteiger partial charge in [-0.3, -0.25) is 81.7 Å². The number of Topliss-reactive ketones (excluding diaryl/α,β-unsaturated/α-hetero) is 1. The van der Waals surface area contributed by atoms with Crippen molar-refractivity contribution >= 4 is 124 Å². The van der Waals surface area contributed by atoms with Gasteiger partial charge in [-0.25, -0.2) is 0 Å². The van der Waals surface area contributed by atoms with Gasteiger partial charge in [-0.15, -0.1) is 0 Å². The Morgan fingerprint density at radius 2 is 0.794 bits per heavy atom. The van der Waals surface area contributed by atoms with Crippen LogP contribution in [0.4, 0.5) is 0 Å². The highest BCUT2D eigenvalue weighted by Gasteiger charge is 2.39. The van der Waals surface area contributed by atoms with E-state index in [-0.39, 0.29) is 126 Å². The van der Waals surface area contributed by atoms with Gasteiger partial charge in [0.1, 0.15) is 72.2 Å². The van der Waals surface area contributed by atoms with E-state index in [9.17, 15) is 97.1 Å². The molecule has 0 heterocycles. The average Bonchev–Trinajstić information content (AvgIpc) is 0.853. The summed E-state index contributed by atoms with van der Waals surface area (Å²) in [7, 11) is 0. The second kappa shape index (κ2) is 67.8. The lowest BCUT2D eigenvalue weighted by molar-refractivity contribution is -0.142. The largest absolute Gasteiger partial charge is 0.508 e. The zero-order chi connectivity index (χ0) is 94.5. The second-order valence-corrected chi connectivity index (χ2v) is 34.0. The summed E-state index contributed by atoms with van der Waals surface area (Å²) >= 11 is 2.69. The quantitative estimate of drug-likeness (QED) is 0.0212. The number of benzene rings is 1. The number of carboxylic acid groups (broad SMARTS) is 1. The van der Waals surface area contributed by atoms with Gasteiger partial charge < -0.3 is 124 Å². The van der Waals surface area contributed by atoms with Gasteiger partial charge in [0, 0.05) is 25.8 Å². The fourth-order valence-electron chi connectivity index (χ4n) is 13.3. The van der Waals surface area contributed by atoms with Gasteiger partial charge in [-0.1, -0.05) is 110 Å². The first-order valence-electron chi connectivity index (χ1n) is 44.1. The summed E-state index contributed by atoms with van der Waals surface area (Å²) in [6.07, 6.45) is 16.4. The van der Waals surface area contributed by atoms with Crippen LogP contribution in [0.2, 0.25) is 0 Å². The minimum absolute atomic E-state index is 0.0000443. The fraction of sp³-hybridized carbons (Fsp3) is 0.726. The molecule has 40 nitrogen and oxygen atoms in total. The third kappa shape index (κ3) is 51.3. The minimum atomic E-state index is -1.89. The molecule has 0 unspecified atom stereocenters. The van der Waals surface area contributed by atoms with Crippen LogP contribution in [0.1, 0.15) is 239 Å². The number of phenols is 1. The number of ketones is 1. The van der Waals surface area contributed by atoms with E-state index < -0.39 is 200 Å². The maximum absolute atomic E-state index is 14.8. The molecule has 0 fully saturated rings. The van der Waals surface area contributed by atoms with Crippen molar-refractivity contribution in [2.24, 2.45) is 45.3 Å². The predicted octanol–water partition coefficient (Wildman–Crippen LogP) is -0.955. The number of aliphatic hydroxyl groups is 2. The smallest absolute Gasteiger partial charge is 0.305 e. The molecule has 0 aliphatic carbocycles. The zero-order valence-electron chi connectivity index (χ0n) is 74.7. The summed E-state index contributed by atoms with van der Waals surface area (Å²) < 4.78 is 0. The monoisotopic (exact) mass is 1820 g/mol. The summed E-state index contributed by atoms with van der Waals surface area (Å²) in [5, 5.41) is 74.2. The first kappa shape index (κ1) is 115. The van der Waals surface area contributed by atoms with E-state index in [1.54, 1.807) is 20.1 Å². The molecule has 0 bridgehead atoms. The molecule has 1 rings (SSSR count). The number of hydrogen-bond acceptors (Lipinski definition) is 25. The van der Waals surface area contributed by atoms with E-state index in [1.807, 2.05) is 6.26 Å². The summed E-state index contributed by atoms with van der Waals surface area (Å²) in [6.45, 7) is 6.71. The van der Waals surface area contributed by atoms with Crippen LogP contribution >= 0.6 is 23.5 Å². The standard InChI is InChI=1S/C84H148N20O20S2/c1-8-9-10-11-12-13-14-15-16-17-18-19-20-32-69(110)93-62(39-45-125-6)73(114)92-50-70(111)94-65(48-55-33-35-56(108)36-34-55)80(121)99-61(37-38-68(88)109)77(118)97-58(29-22-25-42-86)74(115)96-59(30-23-26-43-87)75(116)101-64(47-52(2)3)79(120)98-60(31-27-44-91-84(89)90)76(117)103-67(51-105)82(123)100-63(40-46-126-7)78(119)104-72(54(5)107)83(124)102-66(49-71(112)113)81(122)95-57(53(4)106)28-21-24-41-85/h33-36,52,54,57-67,72,105,107-108H,8-32,37-51,85-87H2,1-7H3,(H2,88,109)(H,92,114)(H,93,110)(H,94,111)(H,95,122)(H,96,115)(H,97,118)(H,98,120)(H,99,121)(H,100,123)(H,101,116)(H,102,124)(H,103,117)(H,104,119)(H,112,113)(H4,89,90,91)/t54-,57+,58+,59+,60+,61+,62+,63+,64+,65+,66+,67+,72+/m1/s1. The summed E-state index contributed by atoms with van der Waals surface area (Å²) in [4.78, 5) is 225. The number of thioether (sulfide) groups is 2. The third-order valence-corrected chi connectivity index (χ3v) is 21.8. The summed E-state index contributed by atoms with van der Waals surface area (Å²) in [6, 6.07) is -12.7. The van der Waals surface area contributed by atoms with E-state index in [0.29, 0.717) is 50.0 Å². The highest BCUT2D eigenvalue weighted by Crippen LogP contribution is 2.18. The number of amides is 14. The number of nitrogens with one attached hydrogen (secondary N) is 13. The van der Waals surface area contributed by atoms with E-state index in [2.05, 4.69) is 81.0 Å². The number of nitrogens with two attached hydrogens (primary N) is 6. The van der Waals surface area contributed by atoms with Gasteiger partial charge >= 0.3 is 5.97 Å². The van der Waals surface area contributed by atoms with Crippen LogP contribution in [0, 0.1) is 5.92 Å². The van der Waals surface area contributed by atoms with Crippen molar-refractivity contribution in [3.05, 3.63) is 29.8 Å². The predicted molar refractivity (Wildman–Crippen MR) is 483 cm³/mol. The minimum Gasteiger partial charge on any atom is -0.508 e. The molecule has 0 aliphatic rings. The number of carboxylic acids is 1. The topological polar surface area (TPSA) is 679 Å². The molecule has 126 heavy (non-hydrogen) atoms. The van der Waals surface area contributed by atoms with Crippen LogP contribution in [0.5, 0.6) is 5.75 Å². The molecule has 0 aliphatic heterocycles. The zero-order valence-corrected chi connectivity index (χ0v) is 76.4. The number of aliphatic hydroxyl groups excluding tert-OH is 2. The number of primary amides is 1. The lowest BCUT2D eigenvalue weighted by Crippen LogP contribution is -2.62. The van der Waals surface area contributed by atoms with Crippen LogP contribution in [0.15, 0.2) is 29.3 Å². The van der Waals surface area contributed by atoms with E-state index >= 15 is 0 Å². The number of aliphatic carboxylic acids is 1. The Morgan fingerprint density at radius 3 is 1.23 bits per heavy atom. The van der Waals surface area contributed by atoms with Crippen molar-refractivity contribution in [1.82, 2.24) is 69.1 Å². The molecule has 29 N–H and O–H groups in total. The maximum atomic E-state index is 14.8. The number of guanidine groups is 1. The number of unbranched alkanes of at least 4 members (excludes halogenated alkanes) is 15.